The first-order valence-electron chi connectivity index (χ1n) is 12.0. The molecule has 0 amide bonds. The van der Waals surface area contributed by atoms with Crippen molar-refractivity contribution < 1.29 is 14.6 Å². The number of ether oxygens (including phenoxy) is 1. The van der Waals surface area contributed by atoms with Crippen LogP contribution >= 0.6 is 31.9 Å². The van der Waals surface area contributed by atoms with Gasteiger partial charge in [-0.25, -0.2) is 4.79 Å². The molecular weight excluding hydrogens is 544 g/mol. The maximum Gasteiger partial charge on any atom is 0.338 e. The summed E-state index contributed by atoms with van der Waals surface area (Å²) in [5.74, 6) is 0.0680. The van der Waals surface area contributed by atoms with Crippen LogP contribution in [0.25, 0.3) is 0 Å². The molecule has 2 aliphatic rings. The normalized spacial score (nSPS) is 33.3. The largest absolute Gasteiger partial charge is 0.508 e. The summed E-state index contributed by atoms with van der Waals surface area (Å²) in [5, 5.41) is 10.7. The lowest BCUT2D eigenvalue weighted by Gasteiger charge is -2.48. The summed E-state index contributed by atoms with van der Waals surface area (Å²) < 4.78 is 5.90. The van der Waals surface area contributed by atoms with Crippen molar-refractivity contribution in [2.45, 2.75) is 88.4 Å². The third-order valence-electron chi connectivity index (χ3n) is 8.10. The number of alkyl halides is 2. The van der Waals surface area contributed by atoms with E-state index in [9.17, 15) is 9.90 Å². The van der Waals surface area contributed by atoms with Crippen molar-refractivity contribution in [3.63, 3.8) is 0 Å². The van der Waals surface area contributed by atoms with E-state index in [1.165, 1.54) is 5.57 Å². The Balaban J connectivity index is 2.05. The summed E-state index contributed by atoms with van der Waals surface area (Å²) in [7, 11) is 0. The fourth-order valence-electron chi connectivity index (χ4n) is 5.40. The minimum absolute atomic E-state index is 0.000800. The highest BCUT2D eigenvalue weighted by molar-refractivity contribution is 9.09. The molecule has 5 heteroatoms. The summed E-state index contributed by atoms with van der Waals surface area (Å²) in [4.78, 5) is 13.8. The average Bonchev–Trinajstić information content (AvgIpc) is 2.75. The number of allylic oxidation sites excluding steroid dienone is 1. The van der Waals surface area contributed by atoms with Crippen molar-refractivity contribution in [1.82, 2.24) is 0 Å². The standard InChI is InChI=1S/C28H38Br2O3/c1-17(2)23-11-13-27(4,5)24(29)12-14-28(6)21(18(3)7-10-25(28)30)16-20-15-19(26(32)33-23)8-9-22(20)31/h8-9,15,21,23-25,31H,1,3,7,10-14,16H2,2,4-6H3/t21-,23+,24-,25+,28+/m1/s1. The molecule has 1 aliphatic carbocycles. The van der Waals surface area contributed by atoms with Crippen LogP contribution in [0.3, 0.4) is 0 Å². The smallest absolute Gasteiger partial charge is 0.338 e. The van der Waals surface area contributed by atoms with Gasteiger partial charge in [-0.15, -0.1) is 0 Å². The number of hydrogen-bond acceptors (Lipinski definition) is 3. The third kappa shape index (κ3) is 5.78. The Kier molecular flexibility index (Phi) is 8.26. The van der Waals surface area contributed by atoms with Gasteiger partial charge in [0.1, 0.15) is 11.9 Å². The number of phenols is 1. The van der Waals surface area contributed by atoms with Gasteiger partial charge in [0.05, 0.1) is 5.56 Å². The highest BCUT2D eigenvalue weighted by atomic mass is 79.9. The molecule has 0 saturated heterocycles. The monoisotopic (exact) mass is 580 g/mol. The number of cyclic esters (lactones) is 1. The quantitative estimate of drug-likeness (QED) is 0.207. The summed E-state index contributed by atoms with van der Waals surface area (Å²) in [6.45, 7) is 17.4. The molecule has 0 spiro atoms. The SMILES string of the molecule is C=C(C)[C@@H]1CCC(C)(C)[C@H](Br)CC[C@@]2(C)[C@H](Cc3cc(ccc3O)C(=O)O1)C(=C)CC[C@@H]2Br. The van der Waals surface area contributed by atoms with E-state index in [1.54, 1.807) is 18.2 Å². The number of benzene rings is 1. The Bertz CT molecular complexity index is 922. The third-order valence-corrected chi connectivity index (χ3v) is 11.3. The van der Waals surface area contributed by atoms with E-state index in [1.807, 2.05) is 6.92 Å². The van der Waals surface area contributed by atoms with Gasteiger partial charge in [0.15, 0.2) is 0 Å². The van der Waals surface area contributed by atoms with Gasteiger partial charge in [-0.2, -0.15) is 0 Å². The number of halogens is 2. The van der Waals surface area contributed by atoms with Crippen molar-refractivity contribution in [2.24, 2.45) is 16.7 Å². The van der Waals surface area contributed by atoms with Crippen LogP contribution in [0.15, 0.2) is 42.5 Å². The van der Waals surface area contributed by atoms with E-state index in [4.69, 9.17) is 4.74 Å². The molecule has 33 heavy (non-hydrogen) atoms. The Morgan fingerprint density at radius 1 is 1.12 bits per heavy atom. The number of carbonyl (C=O) groups is 1. The van der Waals surface area contributed by atoms with Gasteiger partial charge >= 0.3 is 5.97 Å². The predicted octanol–water partition coefficient (Wildman–Crippen LogP) is 8.14. The second kappa shape index (κ2) is 10.3. The second-order valence-electron chi connectivity index (χ2n) is 11.0. The van der Waals surface area contributed by atoms with Gasteiger partial charge in [-0.3, -0.25) is 0 Å². The average molecular weight is 582 g/mol. The van der Waals surface area contributed by atoms with Gasteiger partial charge < -0.3 is 9.84 Å². The molecule has 1 saturated carbocycles. The molecule has 2 bridgehead atoms. The molecule has 3 rings (SSSR count). The number of fused-ring (bicyclic) bond motifs is 3. The topological polar surface area (TPSA) is 46.5 Å². The number of hydrogen-bond donors (Lipinski definition) is 1. The van der Waals surface area contributed by atoms with Crippen molar-refractivity contribution in [3.8, 4) is 5.75 Å². The maximum atomic E-state index is 13.1. The molecule has 1 aromatic rings. The lowest BCUT2D eigenvalue weighted by Crippen LogP contribution is -2.42. The van der Waals surface area contributed by atoms with E-state index < -0.39 is 0 Å². The molecular formula is C28H38Br2O3. The van der Waals surface area contributed by atoms with Crippen molar-refractivity contribution in [2.75, 3.05) is 0 Å². The van der Waals surface area contributed by atoms with E-state index in [-0.39, 0.29) is 34.6 Å². The van der Waals surface area contributed by atoms with E-state index in [0.717, 1.165) is 49.7 Å². The lowest BCUT2D eigenvalue weighted by molar-refractivity contribution is 0.0333. The molecule has 1 fully saturated rings. The minimum Gasteiger partial charge on any atom is -0.508 e. The van der Waals surface area contributed by atoms with Gasteiger partial charge in [0.2, 0.25) is 0 Å². The number of esters is 1. The van der Waals surface area contributed by atoms with Crippen LogP contribution < -0.4 is 0 Å². The van der Waals surface area contributed by atoms with Crippen LogP contribution in [0.2, 0.25) is 0 Å². The molecule has 1 N–H and O–H groups in total. The van der Waals surface area contributed by atoms with Crippen LogP contribution in [0, 0.1) is 16.7 Å². The summed E-state index contributed by atoms with van der Waals surface area (Å²) in [6, 6.07) is 5.07. The Morgan fingerprint density at radius 2 is 1.82 bits per heavy atom. The van der Waals surface area contributed by atoms with Gasteiger partial charge in [-0.1, -0.05) is 71.4 Å². The molecule has 3 nitrogen and oxygen atoms in total. The fourth-order valence-corrected chi connectivity index (χ4v) is 6.63. The van der Waals surface area contributed by atoms with E-state index in [2.05, 4.69) is 65.8 Å². The zero-order chi connectivity index (χ0) is 24.6. The van der Waals surface area contributed by atoms with Crippen LogP contribution in [-0.2, 0) is 11.2 Å². The zero-order valence-electron chi connectivity index (χ0n) is 20.4. The summed E-state index contributed by atoms with van der Waals surface area (Å²) in [6.07, 6.45) is 6.11. The fraction of sp³-hybridized carbons (Fsp3) is 0.607. The van der Waals surface area contributed by atoms with Crippen molar-refractivity contribution in [1.29, 1.82) is 0 Å². The first kappa shape index (κ1) is 26.5. The van der Waals surface area contributed by atoms with Crippen LogP contribution in [-0.4, -0.2) is 26.8 Å². The number of rotatable bonds is 1. The molecule has 1 aliphatic heterocycles. The first-order valence-corrected chi connectivity index (χ1v) is 13.8. The Hall–Kier alpha value is -1.07. The summed E-state index contributed by atoms with van der Waals surface area (Å²) in [5.41, 5.74) is 3.38. The molecule has 5 atom stereocenters. The number of aromatic hydroxyl groups is 1. The van der Waals surface area contributed by atoms with Gasteiger partial charge in [0, 0.05) is 9.65 Å². The summed E-state index contributed by atoms with van der Waals surface area (Å²) >= 11 is 8.02. The zero-order valence-corrected chi connectivity index (χ0v) is 23.6. The Morgan fingerprint density at radius 3 is 2.48 bits per heavy atom. The molecule has 182 valence electrons. The molecule has 0 radical (unpaired) electrons. The molecule has 1 aromatic carbocycles. The van der Waals surface area contributed by atoms with Crippen molar-refractivity contribution in [3.05, 3.63) is 53.6 Å². The predicted molar refractivity (Wildman–Crippen MR) is 143 cm³/mol. The Labute approximate surface area is 216 Å². The van der Waals surface area contributed by atoms with Gasteiger partial charge in [0.25, 0.3) is 0 Å². The van der Waals surface area contributed by atoms with Gasteiger partial charge in [-0.05, 0) is 98.0 Å². The van der Waals surface area contributed by atoms with Crippen LogP contribution in [0.1, 0.15) is 82.1 Å². The molecule has 0 aromatic heterocycles. The number of phenolic OH excluding ortho intramolecular Hbond substituents is 1. The molecule has 1 heterocycles. The molecule has 0 unspecified atom stereocenters. The van der Waals surface area contributed by atoms with Crippen molar-refractivity contribution >= 4 is 37.8 Å². The first-order chi connectivity index (χ1) is 15.3. The number of carbonyl (C=O) groups excluding carboxylic acids is 1. The second-order valence-corrected chi connectivity index (χ2v) is 13.3. The van der Waals surface area contributed by atoms with E-state index >= 15 is 0 Å². The minimum atomic E-state index is -0.365. The van der Waals surface area contributed by atoms with Crippen LogP contribution in [0.4, 0.5) is 0 Å². The highest BCUT2D eigenvalue weighted by Crippen LogP contribution is 2.53. The maximum absolute atomic E-state index is 13.1. The van der Waals surface area contributed by atoms with E-state index in [0.29, 0.717) is 21.6 Å². The lowest BCUT2D eigenvalue weighted by atomic mass is 9.61. The highest BCUT2D eigenvalue weighted by Gasteiger charge is 2.45. The van der Waals surface area contributed by atoms with Crippen LogP contribution in [0.5, 0.6) is 5.75 Å².